The van der Waals surface area contributed by atoms with Crippen LogP contribution < -0.4 is 0 Å². The summed E-state index contributed by atoms with van der Waals surface area (Å²) in [6.45, 7) is 0.480. The van der Waals surface area contributed by atoms with Crippen molar-refractivity contribution in [2.45, 2.75) is 12.8 Å². The van der Waals surface area contributed by atoms with Crippen molar-refractivity contribution in [1.82, 2.24) is 4.90 Å². The number of esters is 1. The number of carbonyl (C=O) groups excluding carboxylic acids is 2. The minimum atomic E-state index is -0.278. The fraction of sp³-hybridized carbons (Fsp3) is 0.357. The van der Waals surface area contributed by atoms with E-state index in [1.807, 2.05) is 6.07 Å². The molecule has 19 heavy (non-hydrogen) atoms. The van der Waals surface area contributed by atoms with E-state index in [1.165, 1.54) is 7.11 Å². The quantitative estimate of drug-likeness (QED) is 0.754. The van der Waals surface area contributed by atoms with Gasteiger partial charge in [0, 0.05) is 25.6 Å². The first-order chi connectivity index (χ1) is 9.08. The Hall–Kier alpha value is -2.35. The molecule has 100 valence electrons. The molecule has 1 rings (SSSR count). The zero-order valence-corrected chi connectivity index (χ0v) is 11.0. The summed E-state index contributed by atoms with van der Waals surface area (Å²) < 4.78 is 4.53. The molecule has 0 aliphatic carbocycles. The van der Waals surface area contributed by atoms with Gasteiger partial charge in [-0.3, -0.25) is 9.59 Å². The van der Waals surface area contributed by atoms with Crippen molar-refractivity contribution in [2.75, 3.05) is 20.7 Å². The van der Waals surface area contributed by atoms with Crippen LogP contribution in [0.25, 0.3) is 0 Å². The molecule has 0 aliphatic heterocycles. The molecule has 0 saturated heterocycles. The van der Waals surface area contributed by atoms with Gasteiger partial charge in [-0.25, -0.2) is 0 Å². The summed E-state index contributed by atoms with van der Waals surface area (Å²) in [6, 6.07) is 8.46. The average molecular weight is 260 g/mol. The Morgan fingerprint density at radius 3 is 2.47 bits per heavy atom. The van der Waals surface area contributed by atoms with Gasteiger partial charge in [0.05, 0.1) is 18.7 Å². The first-order valence-electron chi connectivity index (χ1n) is 5.91. The van der Waals surface area contributed by atoms with E-state index in [2.05, 4.69) is 4.74 Å². The highest BCUT2D eigenvalue weighted by Crippen LogP contribution is 2.07. The molecule has 0 N–H and O–H groups in total. The van der Waals surface area contributed by atoms with Gasteiger partial charge in [0.1, 0.15) is 0 Å². The van der Waals surface area contributed by atoms with Crippen molar-refractivity contribution in [3.63, 3.8) is 0 Å². The number of rotatable bonds is 5. The minimum Gasteiger partial charge on any atom is -0.469 e. The lowest BCUT2D eigenvalue weighted by atomic mass is 10.1. The van der Waals surface area contributed by atoms with Crippen LogP contribution in [0.2, 0.25) is 0 Å². The van der Waals surface area contributed by atoms with E-state index in [1.54, 1.807) is 36.2 Å². The summed E-state index contributed by atoms with van der Waals surface area (Å²) in [6.07, 6.45) is 0.854. The van der Waals surface area contributed by atoms with Gasteiger partial charge in [-0.15, -0.1) is 0 Å². The highest BCUT2D eigenvalue weighted by molar-refractivity contribution is 5.94. The third-order valence-electron chi connectivity index (χ3n) is 2.71. The zero-order valence-electron chi connectivity index (χ0n) is 11.0. The first kappa shape index (κ1) is 14.7. The van der Waals surface area contributed by atoms with E-state index >= 15 is 0 Å². The van der Waals surface area contributed by atoms with Gasteiger partial charge in [-0.1, -0.05) is 0 Å². The van der Waals surface area contributed by atoms with Gasteiger partial charge in [0.25, 0.3) is 5.91 Å². The third kappa shape index (κ3) is 4.43. The lowest BCUT2D eigenvalue weighted by molar-refractivity contribution is -0.140. The monoisotopic (exact) mass is 260 g/mol. The molecule has 0 aromatic heterocycles. The summed E-state index contributed by atoms with van der Waals surface area (Å²) in [5.41, 5.74) is 1.05. The number of hydrogen-bond donors (Lipinski definition) is 0. The van der Waals surface area contributed by atoms with Gasteiger partial charge in [0.15, 0.2) is 0 Å². The molecular formula is C14H16N2O3. The molecule has 0 radical (unpaired) electrons. The van der Waals surface area contributed by atoms with E-state index in [4.69, 9.17) is 5.26 Å². The van der Waals surface area contributed by atoms with Crippen molar-refractivity contribution in [3.05, 3.63) is 35.4 Å². The lowest BCUT2D eigenvalue weighted by Crippen LogP contribution is -2.28. The van der Waals surface area contributed by atoms with Gasteiger partial charge < -0.3 is 9.64 Å². The SMILES string of the molecule is COC(=O)CCCN(C)C(=O)c1ccc(C#N)cc1. The maximum atomic E-state index is 12.0. The number of ether oxygens (including phenoxy) is 1. The van der Waals surface area contributed by atoms with Crippen molar-refractivity contribution in [3.8, 4) is 6.07 Å². The third-order valence-corrected chi connectivity index (χ3v) is 2.71. The van der Waals surface area contributed by atoms with Gasteiger partial charge in [0.2, 0.25) is 0 Å². The number of carbonyl (C=O) groups is 2. The fourth-order valence-electron chi connectivity index (χ4n) is 1.57. The van der Waals surface area contributed by atoms with E-state index < -0.39 is 0 Å². The van der Waals surface area contributed by atoms with Crippen LogP contribution in [0.1, 0.15) is 28.8 Å². The van der Waals surface area contributed by atoms with E-state index in [0.29, 0.717) is 30.5 Å². The number of benzene rings is 1. The molecule has 0 spiro atoms. The Labute approximate surface area is 112 Å². The second kappa shape index (κ2) is 7.17. The van der Waals surface area contributed by atoms with E-state index in [9.17, 15) is 9.59 Å². The molecule has 1 aromatic carbocycles. The highest BCUT2D eigenvalue weighted by atomic mass is 16.5. The maximum absolute atomic E-state index is 12.0. The van der Waals surface area contributed by atoms with E-state index in [-0.39, 0.29) is 11.9 Å². The molecule has 0 atom stereocenters. The van der Waals surface area contributed by atoms with Crippen LogP contribution in [-0.2, 0) is 9.53 Å². The molecule has 1 amide bonds. The summed E-state index contributed by atoms with van der Waals surface area (Å²) in [5.74, 6) is -0.409. The Kier molecular flexibility index (Phi) is 5.55. The fourth-order valence-corrected chi connectivity index (χ4v) is 1.57. The van der Waals surface area contributed by atoms with Crippen LogP contribution in [0, 0.1) is 11.3 Å². The maximum Gasteiger partial charge on any atom is 0.305 e. The topological polar surface area (TPSA) is 70.4 Å². The average Bonchev–Trinajstić information content (AvgIpc) is 2.46. The van der Waals surface area contributed by atoms with Crippen molar-refractivity contribution in [1.29, 1.82) is 5.26 Å². The van der Waals surface area contributed by atoms with Gasteiger partial charge in [-0.2, -0.15) is 5.26 Å². The van der Waals surface area contributed by atoms with Crippen molar-refractivity contribution in [2.24, 2.45) is 0 Å². The molecule has 0 heterocycles. The van der Waals surface area contributed by atoms with Gasteiger partial charge in [-0.05, 0) is 30.7 Å². The normalized spacial score (nSPS) is 9.53. The molecule has 5 nitrogen and oxygen atoms in total. The second-order valence-corrected chi connectivity index (χ2v) is 4.10. The Bertz CT molecular complexity index is 488. The largest absolute Gasteiger partial charge is 0.469 e. The van der Waals surface area contributed by atoms with Crippen LogP contribution >= 0.6 is 0 Å². The Morgan fingerprint density at radius 2 is 1.95 bits per heavy atom. The molecule has 0 fully saturated rings. The molecular weight excluding hydrogens is 244 g/mol. The molecule has 0 saturated carbocycles. The molecule has 0 unspecified atom stereocenters. The predicted molar refractivity (Wildman–Crippen MR) is 69.4 cm³/mol. The summed E-state index contributed by atoms with van der Waals surface area (Å²) in [5, 5.41) is 8.68. The van der Waals surface area contributed by atoms with Crippen molar-refractivity contribution >= 4 is 11.9 Å². The number of hydrogen-bond acceptors (Lipinski definition) is 4. The van der Waals surface area contributed by atoms with Crippen LogP contribution in [0.15, 0.2) is 24.3 Å². The molecule has 1 aromatic rings. The summed E-state index contributed by atoms with van der Waals surface area (Å²) >= 11 is 0. The number of methoxy groups -OCH3 is 1. The summed E-state index contributed by atoms with van der Waals surface area (Å²) in [7, 11) is 3.02. The number of nitrogens with zero attached hydrogens (tertiary/aromatic N) is 2. The van der Waals surface area contributed by atoms with Gasteiger partial charge >= 0.3 is 5.97 Å². The Balaban J connectivity index is 2.52. The Morgan fingerprint density at radius 1 is 1.32 bits per heavy atom. The molecule has 5 heteroatoms. The van der Waals surface area contributed by atoms with Crippen molar-refractivity contribution < 1.29 is 14.3 Å². The first-order valence-corrected chi connectivity index (χ1v) is 5.91. The second-order valence-electron chi connectivity index (χ2n) is 4.10. The summed E-state index contributed by atoms with van der Waals surface area (Å²) in [4.78, 5) is 24.5. The zero-order chi connectivity index (χ0) is 14.3. The highest BCUT2D eigenvalue weighted by Gasteiger charge is 2.11. The predicted octanol–water partition coefficient (Wildman–Crippen LogP) is 1.58. The van der Waals surface area contributed by atoms with Crippen LogP contribution in [-0.4, -0.2) is 37.5 Å². The molecule has 0 aliphatic rings. The van der Waals surface area contributed by atoms with Crippen LogP contribution in [0.5, 0.6) is 0 Å². The van der Waals surface area contributed by atoms with Crippen LogP contribution in [0.4, 0.5) is 0 Å². The minimum absolute atomic E-state index is 0.130. The van der Waals surface area contributed by atoms with E-state index in [0.717, 1.165) is 0 Å². The number of amides is 1. The smallest absolute Gasteiger partial charge is 0.305 e. The number of nitriles is 1. The standard InChI is InChI=1S/C14H16N2O3/c1-16(9-3-4-13(17)19-2)14(18)12-7-5-11(10-15)6-8-12/h5-8H,3-4,9H2,1-2H3. The lowest BCUT2D eigenvalue weighted by Gasteiger charge is -2.16. The van der Waals surface area contributed by atoms with Crippen LogP contribution in [0.3, 0.4) is 0 Å². The molecule has 0 bridgehead atoms.